The second-order valence-electron chi connectivity index (χ2n) is 5.08. The molecule has 0 saturated carbocycles. The molecule has 2 aromatic carbocycles. The molecule has 0 aliphatic heterocycles. The zero-order chi connectivity index (χ0) is 15.9. The zero-order valence-electron chi connectivity index (χ0n) is 13.1. The number of methoxy groups -OCH3 is 1. The first-order valence-corrected chi connectivity index (χ1v) is 8.11. The minimum absolute atomic E-state index is 0.0454. The largest absolute Gasteiger partial charge is 0.497 e. The third kappa shape index (κ3) is 4.53. The monoisotopic (exact) mass is 315 g/mol. The Labute approximate surface area is 136 Å². The van der Waals surface area contributed by atoms with E-state index in [0.29, 0.717) is 6.54 Å². The number of aryl methyl sites for hydroxylation is 1. The number of rotatable bonds is 6. The predicted molar refractivity (Wildman–Crippen MR) is 91.3 cm³/mol. The molecular weight excluding hydrogens is 294 g/mol. The summed E-state index contributed by atoms with van der Waals surface area (Å²) in [5, 5.41) is 2.86. The van der Waals surface area contributed by atoms with Gasteiger partial charge in [0.1, 0.15) is 5.75 Å². The van der Waals surface area contributed by atoms with E-state index in [1.165, 1.54) is 5.56 Å². The van der Waals surface area contributed by atoms with Crippen molar-refractivity contribution in [3.8, 4) is 5.75 Å². The highest BCUT2D eigenvalue weighted by Crippen LogP contribution is 2.25. The molecule has 2 aromatic rings. The Morgan fingerprint density at radius 3 is 2.50 bits per heavy atom. The second-order valence-corrected chi connectivity index (χ2v) is 6.49. The minimum atomic E-state index is -0.141. The molecule has 116 valence electrons. The van der Waals surface area contributed by atoms with E-state index >= 15 is 0 Å². The number of hydrogen-bond acceptors (Lipinski definition) is 3. The highest BCUT2D eigenvalue weighted by molar-refractivity contribution is 8.00. The van der Waals surface area contributed by atoms with E-state index in [1.54, 1.807) is 18.9 Å². The van der Waals surface area contributed by atoms with Crippen molar-refractivity contribution >= 4 is 17.7 Å². The number of carbonyl (C=O) groups is 1. The molecular formula is C18H21NO2S. The Kier molecular flexibility index (Phi) is 5.90. The normalized spacial score (nSPS) is 11.8. The fraction of sp³-hybridized carbons (Fsp3) is 0.278. The Morgan fingerprint density at radius 2 is 1.86 bits per heavy atom. The van der Waals surface area contributed by atoms with Crippen LogP contribution in [0.15, 0.2) is 53.4 Å². The van der Waals surface area contributed by atoms with Crippen molar-refractivity contribution in [1.82, 2.24) is 5.32 Å². The second kappa shape index (κ2) is 7.90. The van der Waals surface area contributed by atoms with Crippen LogP contribution in [0.25, 0.3) is 0 Å². The summed E-state index contributed by atoms with van der Waals surface area (Å²) in [7, 11) is 1.64. The van der Waals surface area contributed by atoms with Crippen molar-refractivity contribution in [2.75, 3.05) is 7.11 Å². The van der Waals surface area contributed by atoms with Crippen LogP contribution in [0.3, 0.4) is 0 Å². The predicted octanol–water partition coefficient (Wildman–Crippen LogP) is 3.80. The van der Waals surface area contributed by atoms with Crippen LogP contribution >= 0.6 is 11.8 Å². The molecule has 1 atom stereocenters. The standard InChI is InChI=1S/C18H21NO2S/c1-13-6-4-5-7-15(13)12-19-18(20)14(2)22-17-10-8-16(21-3)9-11-17/h4-11,14H,12H2,1-3H3,(H,19,20)/t14-/m0/s1. The molecule has 22 heavy (non-hydrogen) atoms. The molecule has 0 spiro atoms. The fourth-order valence-electron chi connectivity index (χ4n) is 2.05. The van der Waals surface area contributed by atoms with Gasteiger partial charge in [-0.15, -0.1) is 11.8 Å². The smallest absolute Gasteiger partial charge is 0.233 e. The molecule has 0 unspecified atom stereocenters. The van der Waals surface area contributed by atoms with Gasteiger partial charge >= 0.3 is 0 Å². The average Bonchev–Trinajstić information content (AvgIpc) is 2.54. The van der Waals surface area contributed by atoms with Crippen LogP contribution in [-0.4, -0.2) is 18.3 Å². The lowest BCUT2D eigenvalue weighted by molar-refractivity contribution is -0.120. The highest BCUT2D eigenvalue weighted by atomic mass is 32.2. The average molecular weight is 315 g/mol. The summed E-state index contributed by atoms with van der Waals surface area (Å²) in [6.07, 6.45) is 0. The maximum absolute atomic E-state index is 12.2. The van der Waals surface area contributed by atoms with Crippen LogP contribution in [0.1, 0.15) is 18.1 Å². The first-order valence-electron chi connectivity index (χ1n) is 7.23. The lowest BCUT2D eigenvalue weighted by atomic mass is 10.1. The van der Waals surface area contributed by atoms with E-state index in [-0.39, 0.29) is 11.2 Å². The quantitative estimate of drug-likeness (QED) is 0.824. The number of amides is 1. The Balaban J connectivity index is 1.87. The highest BCUT2D eigenvalue weighted by Gasteiger charge is 2.14. The molecule has 3 nitrogen and oxygen atoms in total. The van der Waals surface area contributed by atoms with Gasteiger partial charge in [0, 0.05) is 11.4 Å². The van der Waals surface area contributed by atoms with Crippen LogP contribution in [0, 0.1) is 6.92 Å². The molecule has 0 aromatic heterocycles. The minimum Gasteiger partial charge on any atom is -0.497 e. The van der Waals surface area contributed by atoms with Gasteiger partial charge in [0.2, 0.25) is 5.91 Å². The Hall–Kier alpha value is -1.94. The van der Waals surface area contributed by atoms with Crippen molar-refractivity contribution in [2.24, 2.45) is 0 Å². The van der Waals surface area contributed by atoms with Gasteiger partial charge in [0.15, 0.2) is 0 Å². The van der Waals surface area contributed by atoms with E-state index in [2.05, 4.69) is 18.3 Å². The summed E-state index contributed by atoms with van der Waals surface area (Å²) in [5.74, 6) is 0.866. The lowest BCUT2D eigenvalue weighted by Crippen LogP contribution is -2.30. The molecule has 0 saturated heterocycles. The first kappa shape index (κ1) is 16.4. The number of thioether (sulfide) groups is 1. The van der Waals surface area contributed by atoms with Crippen molar-refractivity contribution in [1.29, 1.82) is 0 Å². The van der Waals surface area contributed by atoms with Crippen LogP contribution in [0.4, 0.5) is 0 Å². The summed E-state index contributed by atoms with van der Waals surface area (Å²) < 4.78 is 5.13. The third-order valence-corrected chi connectivity index (χ3v) is 4.57. The number of ether oxygens (including phenoxy) is 1. The van der Waals surface area contributed by atoms with Crippen LogP contribution in [0.5, 0.6) is 5.75 Å². The fourth-order valence-corrected chi connectivity index (χ4v) is 2.94. The zero-order valence-corrected chi connectivity index (χ0v) is 13.9. The van der Waals surface area contributed by atoms with E-state index in [0.717, 1.165) is 16.2 Å². The summed E-state index contributed by atoms with van der Waals surface area (Å²) >= 11 is 1.54. The maximum atomic E-state index is 12.2. The molecule has 0 fully saturated rings. The van der Waals surface area contributed by atoms with Crippen LogP contribution < -0.4 is 10.1 Å². The Bertz CT molecular complexity index is 625. The molecule has 1 N–H and O–H groups in total. The van der Waals surface area contributed by atoms with Crippen LogP contribution in [0.2, 0.25) is 0 Å². The van der Waals surface area contributed by atoms with E-state index in [9.17, 15) is 4.79 Å². The van der Waals surface area contributed by atoms with E-state index < -0.39 is 0 Å². The van der Waals surface area contributed by atoms with Gasteiger partial charge in [-0.3, -0.25) is 4.79 Å². The molecule has 0 bridgehead atoms. The molecule has 4 heteroatoms. The van der Waals surface area contributed by atoms with E-state index in [1.807, 2.05) is 49.4 Å². The topological polar surface area (TPSA) is 38.3 Å². The maximum Gasteiger partial charge on any atom is 0.233 e. The lowest BCUT2D eigenvalue weighted by Gasteiger charge is -2.13. The van der Waals surface area contributed by atoms with Crippen molar-refractivity contribution in [3.63, 3.8) is 0 Å². The van der Waals surface area contributed by atoms with Gasteiger partial charge in [-0.2, -0.15) is 0 Å². The van der Waals surface area contributed by atoms with Crippen molar-refractivity contribution in [3.05, 3.63) is 59.7 Å². The van der Waals surface area contributed by atoms with Gasteiger partial charge in [-0.25, -0.2) is 0 Å². The third-order valence-electron chi connectivity index (χ3n) is 3.46. The first-order chi connectivity index (χ1) is 10.6. The molecule has 0 aliphatic rings. The number of nitrogens with one attached hydrogen (secondary N) is 1. The molecule has 2 rings (SSSR count). The molecule has 0 radical (unpaired) electrons. The summed E-state index contributed by atoms with van der Waals surface area (Å²) in [5.41, 5.74) is 2.34. The SMILES string of the molecule is COc1ccc(S[C@@H](C)C(=O)NCc2ccccc2C)cc1. The van der Waals surface area contributed by atoms with Gasteiger partial charge in [-0.1, -0.05) is 24.3 Å². The Morgan fingerprint density at radius 1 is 1.18 bits per heavy atom. The summed E-state index contributed by atoms with van der Waals surface area (Å²) in [4.78, 5) is 13.3. The van der Waals surface area contributed by atoms with Gasteiger partial charge in [-0.05, 0) is 49.2 Å². The van der Waals surface area contributed by atoms with Gasteiger partial charge in [0.05, 0.1) is 12.4 Å². The molecule has 1 amide bonds. The van der Waals surface area contributed by atoms with Gasteiger partial charge in [0.25, 0.3) is 0 Å². The molecule has 0 heterocycles. The van der Waals surface area contributed by atoms with Crippen molar-refractivity contribution < 1.29 is 9.53 Å². The van der Waals surface area contributed by atoms with E-state index in [4.69, 9.17) is 4.74 Å². The number of hydrogen-bond donors (Lipinski definition) is 1. The number of benzene rings is 2. The van der Waals surface area contributed by atoms with Crippen molar-refractivity contribution in [2.45, 2.75) is 30.5 Å². The van der Waals surface area contributed by atoms with Gasteiger partial charge < -0.3 is 10.1 Å². The molecule has 0 aliphatic carbocycles. The summed E-state index contributed by atoms with van der Waals surface area (Å²) in [6, 6.07) is 15.8. The summed E-state index contributed by atoms with van der Waals surface area (Å²) in [6.45, 7) is 4.54. The number of carbonyl (C=O) groups excluding carboxylic acids is 1. The van der Waals surface area contributed by atoms with Crippen LogP contribution in [-0.2, 0) is 11.3 Å².